The Morgan fingerprint density at radius 3 is 1.68 bits per heavy atom. The van der Waals surface area contributed by atoms with Crippen molar-refractivity contribution in [2.75, 3.05) is 0 Å². The molecule has 0 saturated carbocycles. The van der Waals surface area contributed by atoms with E-state index in [-0.39, 0.29) is 75.5 Å². The predicted octanol–water partition coefficient (Wildman–Crippen LogP) is -6.99. The van der Waals surface area contributed by atoms with Gasteiger partial charge in [-0.25, -0.2) is 16.8 Å². The number of rotatable bonds is 2. The Bertz CT molecular complexity index is 833. The van der Waals surface area contributed by atoms with Gasteiger partial charge in [0.15, 0.2) is 0 Å². The van der Waals surface area contributed by atoms with Crippen LogP contribution in [0.4, 0.5) is 0 Å². The van der Waals surface area contributed by atoms with Crippen LogP contribution < -0.4 is 59.1 Å². The third-order valence-electron chi connectivity index (χ3n) is 2.36. The fourth-order valence-corrected chi connectivity index (χ4v) is 3.63. The Balaban J connectivity index is -0.000000902. The zero-order chi connectivity index (χ0) is 13.6. The van der Waals surface area contributed by atoms with Gasteiger partial charge in [0, 0.05) is 5.39 Å². The Labute approximate surface area is 171 Å². The molecule has 0 unspecified atom stereocenters. The van der Waals surface area contributed by atoms with Gasteiger partial charge in [0.1, 0.15) is 20.2 Å². The van der Waals surface area contributed by atoms with Crippen molar-refractivity contribution < 1.29 is 96.0 Å². The molecular formula is C10H10Na2O8S2. The Morgan fingerprint density at radius 2 is 1.23 bits per heavy atom. The average molecular weight is 368 g/mol. The number of hydrogen-bond acceptors (Lipinski definition) is 6. The molecule has 8 nitrogen and oxygen atoms in total. The van der Waals surface area contributed by atoms with Crippen molar-refractivity contribution in [3.63, 3.8) is 0 Å². The molecule has 0 amide bonds. The summed E-state index contributed by atoms with van der Waals surface area (Å²) in [5, 5.41) is 0.281. The maximum atomic E-state index is 11.2. The van der Waals surface area contributed by atoms with E-state index in [2.05, 4.69) is 0 Å². The molecule has 0 aliphatic rings. The second-order valence-corrected chi connectivity index (χ2v) is 6.19. The van der Waals surface area contributed by atoms with Crippen molar-refractivity contribution >= 4 is 31.0 Å². The summed E-state index contributed by atoms with van der Waals surface area (Å²) in [5.74, 6) is 0. The molecule has 0 saturated heterocycles. The van der Waals surface area contributed by atoms with Gasteiger partial charge in [-0.05, 0) is 11.5 Å². The van der Waals surface area contributed by atoms with Crippen LogP contribution in [0.1, 0.15) is 0 Å². The van der Waals surface area contributed by atoms with Crippen LogP contribution in [0.25, 0.3) is 10.8 Å². The fourth-order valence-electron chi connectivity index (χ4n) is 1.68. The van der Waals surface area contributed by atoms with E-state index in [0.717, 1.165) is 6.07 Å². The Hall–Kier alpha value is 0.440. The first-order valence-electron chi connectivity index (χ1n) is 4.65. The van der Waals surface area contributed by atoms with Crippen LogP contribution in [0.5, 0.6) is 0 Å². The van der Waals surface area contributed by atoms with Crippen LogP contribution in [0.2, 0.25) is 0 Å². The normalized spacial score (nSPS) is 10.5. The Morgan fingerprint density at radius 1 is 0.727 bits per heavy atom. The molecule has 0 aromatic heterocycles. The van der Waals surface area contributed by atoms with Gasteiger partial charge < -0.3 is 20.1 Å². The van der Waals surface area contributed by atoms with Crippen LogP contribution in [-0.2, 0) is 20.2 Å². The zero-order valence-electron chi connectivity index (χ0n) is 11.7. The summed E-state index contributed by atoms with van der Waals surface area (Å²) in [6, 6.07) is 7.91. The summed E-state index contributed by atoms with van der Waals surface area (Å²) in [6.45, 7) is 0. The molecule has 0 atom stereocenters. The van der Waals surface area contributed by atoms with Gasteiger partial charge in [-0.3, -0.25) is 0 Å². The first kappa shape index (κ1) is 27.3. The second-order valence-electron chi connectivity index (χ2n) is 3.52. The van der Waals surface area contributed by atoms with Gasteiger partial charge in [0.05, 0.1) is 9.79 Å². The summed E-state index contributed by atoms with van der Waals surface area (Å²) in [7, 11) is -10.1. The van der Waals surface area contributed by atoms with E-state index in [1.165, 1.54) is 24.3 Å². The fraction of sp³-hybridized carbons (Fsp3) is 0. The van der Waals surface area contributed by atoms with E-state index >= 15 is 0 Å². The maximum absolute atomic E-state index is 11.2. The zero-order valence-corrected chi connectivity index (χ0v) is 17.4. The molecule has 2 aromatic rings. The van der Waals surface area contributed by atoms with Crippen molar-refractivity contribution in [3.8, 4) is 0 Å². The molecule has 12 heteroatoms. The monoisotopic (exact) mass is 368 g/mol. The molecule has 0 spiro atoms. The third-order valence-corrected chi connectivity index (χ3v) is 4.31. The molecule has 0 fully saturated rings. The minimum Gasteiger partial charge on any atom is -0.744 e. The second kappa shape index (κ2) is 9.67. The van der Waals surface area contributed by atoms with E-state index in [1.807, 2.05) is 0 Å². The summed E-state index contributed by atoms with van der Waals surface area (Å²) in [5.41, 5.74) is 0. The SMILES string of the molecule is O.O.O=S(=O)([O-])c1ccc2ccccc2c1S(=O)(=O)[O-].[Na+].[Na+]. The standard InChI is InChI=1S/C10H8O6S2.2Na.2H2O/c11-17(12,13)9-6-5-7-3-1-2-4-8(7)10(9)18(14,15)16;;;;/h1-6H,(H,11,12,13)(H,14,15,16);;;2*1H2/q;2*+1;;/p-2. The third kappa shape index (κ3) is 5.82. The van der Waals surface area contributed by atoms with E-state index in [1.54, 1.807) is 6.07 Å². The average Bonchev–Trinajstić information content (AvgIpc) is 2.24. The van der Waals surface area contributed by atoms with Crippen molar-refractivity contribution in [2.45, 2.75) is 9.79 Å². The van der Waals surface area contributed by atoms with Crippen LogP contribution in [-0.4, -0.2) is 36.9 Å². The van der Waals surface area contributed by atoms with Gasteiger partial charge in [0.25, 0.3) is 0 Å². The first-order valence-corrected chi connectivity index (χ1v) is 7.46. The summed E-state index contributed by atoms with van der Waals surface area (Å²) in [6.07, 6.45) is 0. The van der Waals surface area contributed by atoms with Crippen LogP contribution in [0.15, 0.2) is 46.2 Å². The molecule has 2 aromatic carbocycles. The quantitative estimate of drug-likeness (QED) is 0.375. The van der Waals surface area contributed by atoms with E-state index in [4.69, 9.17) is 0 Å². The molecule has 0 bridgehead atoms. The number of fused-ring (bicyclic) bond motifs is 1. The number of hydrogen-bond donors (Lipinski definition) is 0. The molecule has 0 radical (unpaired) electrons. The maximum Gasteiger partial charge on any atom is 1.00 e. The van der Waals surface area contributed by atoms with E-state index < -0.39 is 30.0 Å². The summed E-state index contributed by atoms with van der Waals surface area (Å²) >= 11 is 0. The molecular weight excluding hydrogens is 358 g/mol. The Kier molecular flexibility index (Phi) is 12.0. The molecule has 0 aliphatic carbocycles. The predicted molar refractivity (Wildman–Crippen MR) is 67.1 cm³/mol. The topological polar surface area (TPSA) is 177 Å². The van der Waals surface area contributed by atoms with Gasteiger partial charge in [-0.1, -0.05) is 30.3 Å². The summed E-state index contributed by atoms with van der Waals surface area (Å²) in [4.78, 5) is -2.01. The molecule has 0 aliphatic heterocycles. The van der Waals surface area contributed by atoms with Crippen molar-refractivity contribution in [1.82, 2.24) is 0 Å². The van der Waals surface area contributed by atoms with Crippen molar-refractivity contribution in [3.05, 3.63) is 36.4 Å². The summed E-state index contributed by atoms with van der Waals surface area (Å²) < 4.78 is 66.4. The minimum atomic E-state index is -5.07. The molecule has 22 heavy (non-hydrogen) atoms. The van der Waals surface area contributed by atoms with Gasteiger partial charge >= 0.3 is 59.1 Å². The van der Waals surface area contributed by atoms with Crippen LogP contribution in [0, 0.1) is 0 Å². The van der Waals surface area contributed by atoms with Crippen molar-refractivity contribution in [2.24, 2.45) is 0 Å². The van der Waals surface area contributed by atoms with Crippen LogP contribution in [0.3, 0.4) is 0 Å². The first-order chi connectivity index (χ1) is 8.21. The van der Waals surface area contributed by atoms with E-state index in [9.17, 15) is 25.9 Å². The number of benzene rings is 2. The largest absolute Gasteiger partial charge is 1.00 e. The smallest absolute Gasteiger partial charge is 0.744 e. The van der Waals surface area contributed by atoms with Gasteiger partial charge in [-0.15, -0.1) is 0 Å². The van der Waals surface area contributed by atoms with Gasteiger partial charge in [-0.2, -0.15) is 0 Å². The molecule has 112 valence electrons. The van der Waals surface area contributed by atoms with Gasteiger partial charge in [0.2, 0.25) is 0 Å². The molecule has 0 heterocycles. The van der Waals surface area contributed by atoms with Crippen molar-refractivity contribution in [1.29, 1.82) is 0 Å². The minimum absolute atomic E-state index is 0. The van der Waals surface area contributed by atoms with E-state index in [0.29, 0.717) is 5.39 Å². The molecule has 2 rings (SSSR count). The molecule has 4 N–H and O–H groups in total. The van der Waals surface area contributed by atoms with Crippen LogP contribution >= 0.6 is 0 Å².